The number of hydrogen-bond donors (Lipinski definition) is 1. The molecule has 11 heavy (non-hydrogen) atoms. The van der Waals surface area contributed by atoms with Crippen LogP contribution in [-0.2, 0) is 4.79 Å². The van der Waals surface area contributed by atoms with E-state index >= 15 is 0 Å². The molecular weight excluding hydrogens is 140 g/mol. The molecule has 1 unspecified atom stereocenters. The van der Waals surface area contributed by atoms with Crippen LogP contribution in [0.15, 0.2) is 0 Å². The largest absolute Gasteiger partial charge is 0.345 e. The van der Waals surface area contributed by atoms with Gasteiger partial charge in [0.15, 0.2) is 0 Å². The Hall–Kier alpha value is -0.570. The summed E-state index contributed by atoms with van der Waals surface area (Å²) in [6.45, 7) is 3.39. The highest BCUT2D eigenvalue weighted by Gasteiger charge is 2.42. The van der Waals surface area contributed by atoms with E-state index in [2.05, 4.69) is 0 Å². The molecule has 1 amide bonds. The van der Waals surface area contributed by atoms with E-state index in [-0.39, 0.29) is 11.3 Å². The van der Waals surface area contributed by atoms with Gasteiger partial charge in [0.2, 0.25) is 5.91 Å². The molecule has 0 aromatic rings. The highest BCUT2D eigenvalue weighted by molar-refractivity contribution is 5.84. The third-order valence-corrected chi connectivity index (χ3v) is 2.79. The first-order chi connectivity index (χ1) is 5.16. The van der Waals surface area contributed by atoms with Crippen molar-refractivity contribution in [1.82, 2.24) is 4.90 Å². The van der Waals surface area contributed by atoms with E-state index in [4.69, 9.17) is 5.73 Å². The smallest absolute Gasteiger partial charge is 0.229 e. The van der Waals surface area contributed by atoms with Crippen LogP contribution in [0.3, 0.4) is 0 Å². The first kappa shape index (κ1) is 8.53. The summed E-state index contributed by atoms with van der Waals surface area (Å²) in [5.74, 6) is 0.225. The van der Waals surface area contributed by atoms with Gasteiger partial charge in [-0.15, -0.1) is 0 Å². The Morgan fingerprint density at radius 1 is 1.73 bits per heavy atom. The molecule has 0 radical (unpaired) electrons. The molecule has 1 fully saturated rings. The summed E-state index contributed by atoms with van der Waals surface area (Å²) in [4.78, 5) is 13.3. The van der Waals surface area contributed by atoms with E-state index in [0.717, 1.165) is 19.4 Å². The number of carbonyl (C=O) groups is 1. The molecule has 0 aromatic heterocycles. The Kier molecular flexibility index (Phi) is 2.18. The van der Waals surface area contributed by atoms with Crippen molar-refractivity contribution in [1.29, 1.82) is 0 Å². The highest BCUT2D eigenvalue weighted by Crippen LogP contribution is 2.32. The van der Waals surface area contributed by atoms with E-state index in [1.165, 1.54) is 0 Å². The molecule has 2 N–H and O–H groups in total. The van der Waals surface area contributed by atoms with E-state index in [0.29, 0.717) is 6.54 Å². The molecule has 1 saturated heterocycles. The molecule has 1 aliphatic rings. The van der Waals surface area contributed by atoms with E-state index in [1.54, 1.807) is 4.90 Å². The van der Waals surface area contributed by atoms with Crippen molar-refractivity contribution < 1.29 is 4.79 Å². The molecule has 1 heterocycles. The van der Waals surface area contributed by atoms with Crippen LogP contribution in [0.2, 0.25) is 0 Å². The van der Waals surface area contributed by atoms with E-state index < -0.39 is 0 Å². The molecule has 3 nitrogen and oxygen atoms in total. The van der Waals surface area contributed by atoms with Crippen molar-refractivity contribution in [3.63, 3.8) is 0 Å². The second kappa shape index (κ2) is 2.81. The zero-order valence-electron chi connectivity index (χ0n) is 7.26. The lowest BCUT2D eigenvalue weighted by molar-refractivity contribution is -0.134. The third kappa shape index (κ3) is 1.13. The Morgan fingerprint density at radius 3 is 2.55 bits per heavy atom. The van der Waals surface area contributed by atoms with Gasteiger partial charge in [-0.1, -0.05) is 6.92 Å². The Morgan fingerprint density at radius 2 is 2.36 bits per heavy atom. The molecule has 1 aliphatic heterocycles. The number of rotatable bonds is 2. The minimum atomic E-state index is -0.227. The van der Waals surface area contributed by atoms with Crippen molar-refractivity contribution in [2.24, 2.45) is 11.1 Å². The van der Waals surface area contributed by atoms with Crippen molar-refractivity contribution in [3.05, 3.63) is 0 Å². The third-order valence-electron chi connectivity index (χ3n) is 2.79. The highest BCUT2D eigenvalue weighted by atomic mass is 16.2. The van der Waals surface area contributed by atoms with Crippen LogP contribution in [0.5, 0.6) is 0 Å². The fraction of sp³-hybridized carbons (Fsp3) is 0.875. The lowest BCUT2D eigenvalue weighted by Gasteiger charge is -2.22. The van der Waals surface area contributed by atoms with Gasteiger partial charge in [-0.3, -0.25) is 4.79 Å². The summed E-state index contributed by atoms with van der Waals surface area (Å²) in [7, 11) is 1.84. The standard InChI is InChI=1S/C8H16N2O/c1-3-8(6-9)4-5-10(2)7(8)11/h3-6,9H2,1-2H3. The van der Waals surface area contributed by atoms with Crippen LogP contribution in [0.4, 0.5) is 0 Å². The second-order valence-electron chi connectivity index (χ2n) is 3.31. The van der Waals surface area contributed by atoms with Crippen LogP contribution in [0, 0.1) is 5.41 Å². The summed E-state index contributed by atoms with van der Waals surface area (Å²) in [5.41, 5.74) is 5.36. The quantitative estimate of drug-likeness (QED) is 0.621. The minimum absolute atomic E-state index is 0.225. The van der Waals surface area contributed by atoms with Gasteiger partial charge in [0.25, 0.3) is 0 Å². The molecule has 0 aliphatic carbocycles. The van der Waals surface area contributed by atoms with Gasteiger partial charge >= 0.3 is 0 Å². The lowest BCUT2D eigenvalue weighted by atomic mass is 9.84. The Bertz CT molecular complexity index is 163. The molecular formula is C8H16N2O. The Balaban J connectivity index is 2.78. The number of nitrogens with zero attached hydrogens (tertiary/aromatic N) is 1. The molecule has 0 saturated carbocycles. The average Bonchev–Trinajstić information content (AvgIpc) is 2.32. The zero-order valence-corrected chi connectivity index (χ0v) is 7.26. The maximum Gasteiger partial charge on any atom is 0.229 e. The number of likely N-dealkylation sites (tertiary alicyclic amines) is 1. The van der Waals surface area contributed by atoms with Crippen LogP contribution in [-0.4, -0.2) is 30.9 Å². The number of amides is 1. The molecule has 1 rings (SSSR count). The molecule has 0 spiro atoms. The summed E-state index contributed by atoms with van der Waals surface area (Å²) < 4.78 is 0. The monoisotopic (exact) mass is 156 g/mol. The molecule has 1 atom stereocenters. The van der Waals surface area contributed by atoms with Gasteiger partial charge in [0.1, 0.15) is 0 Å². The zero-order chi connectivity index (χ0) is 8.48. The molecule has 0 bridgehead atoms. The summed E-state index contributed by atoms with van der Waals surface area (Å²) >= 11 is 0. The van der Waals surface area contributed by atoms with Crippen molar-refractivity contribution in [2.75, 3.05) is 20.1 Å². The topological polar surface area (TPSA) is 46.3 Å². The predicted molar refractivity (Wildman–Crippen MR) is 44.0 cm³/mol. The average molecular weight is 156 g/mol. The lowest BCUT2D eigenvalue weighted by Crippen LogP contribution is -2.38. The van der Waals surface area contributed by atoms with Gasteiger partial charge < -0.3 is 10.6 Å². The van der Waals surface area contributed by atoms with Crippen LogP contribution in [0.25, 0.3) is 0 Å². The number of hydrogen-bond acceptors (Lipinski definition) is 2. The second-order valence-corrected chi connectivity index (χ2v) is 3.31. The molecule has 64 valence electrons. The Labute approximate surface area is 67.5 Å². The van der Waals surface area contributed by atoms with Crippen LogP contribution in [0.1, 0.15) is 19.8 Å². The molecule has 3 heteroatoms. The number of nitrogens with two attached hydrogens (primary N) is 1. The fourth-order valence-electron chi connectivity index (χ4n) is 1.66. The first-order valence-corrected chi connectivity index (χ1v) is 4.12. The van der Waals surface area contributed by atoms with Gasteiger partial charge in [0.05, 0.1) is 5.41 Å². The van der Waals surface area contributed by atoms with E-state index in [9.17, 15) is 4.79 Å². The maximum absolute atomic E-state index is 11.5. The molecule has 0 aromatic carbocycles. The SMILES string of the molecule is CCC1(CN)CCN(C)C1=O. The predicted octanol–water partition coefficient (Wildman–Crippen LogP) is 0.204. The normalized spacial score (nSPS) is 31.5. The van der Waals surface area contributed by atoms with Gasteiger partial charge in [-0.2, -0.15) is 0 Å². The summed E-state index contributed by atoms with van der Waals surface area (Å²) in [5, 5.41) is 0. The summed E-state index contributed by atoms with van der Waals surface area (Å²) in [6.07, 6.45) is 1.79. The fourth-order valence-corrected chi connectivity index (χ4v) is 1.66. The van der Waals surface area contributed by atoms with Crippen molar-refractivity contribution in [2.45, 2.75) is 19.8 Å². The maximum atomic E-state index is 11.5. The van der Waals surface area contributed by atoms with Gasteiger partial charge in [0, 0.05) is 20.1 Å². The first-order valence-electron chi connectivity index (χ1n) is 4.12. The van der Waals surface area contributed by atoms with Crippen molar-refractivity contribution >= 4 is 5.91 Å². The minimum Gasteiger partial charge on any atom is -0.345 e. The van der Waals surface area contributed by atoms with Crippen molar-refractivity contribution in [3.8, 4) is 0 Å². The van der Waals surface area contributed by atoms with Gasteiger partial charge in [-0.05, 0) is 12.8 Å². The summed E-state index contributed by atoms with van der Waals surface area (Å²) in [6, 6.07) is 0. The number of carbonyl (C=O) groups excluding carboxylic acids is 1. The van der Waals surface area contributed by atoms with Crippen LogP contribution < -0.4 is 5.73 Å². The van der Waals surface area contributed by atoms with Crippen LogP contribution >= 0.6 is 0 Å². The van der Waals surface area contributed by atoms with E-state index in [1.807, 2.05) is 14.0 Å². The van der Waals surface area contributed by atoms with Gasteiger partial charge in [-0.25, -0.2) is 0 Å².